The van der Waals surface area contributed by atoms with Crippen molar-refractivity contribution in [3.05, 3.63) is 69.9 Å². The molecule has 0 aliphatic carbocycles. The smallest absolute Gasteiger partial charge is 0.261 e. The number of thiophene rings is 1. The van der Waals surface area contributed by atoms with E-state index in [0.29, 0.717) is 33.4 Å². The Morgan fingerprint density at radius 1 is 0.923 bits per heavy atom. The Labute approximate surface area is 233 Å². The summed E-state index contributed by atoms with van der Waals surface area (Å²) in [7, 11) is 4.51. The van der Waals surface area contributed by atoms with Crippen LogP contribution in [0.2, 0.25) is 0 Å². The minimum absolute atomic E-state index is 0.347. The van der Waals surface area contributed by atoms with Gasteiger partial charge in [-0.05, 0) is 74.5 Å². The Kier molecular flexibility index (Phi) is 9.58. The molecule has 10 heteroatoms. The second-order valence-electron chi connectivity index (χ2n) is 9.86. The van der Waals surface area contributed by atoms with E-state index in [2.05, 4.69) is 10.6 Å². The van der Waals surface area contributed by atoms with Crippen molar-refractivity contribution < 1.29 is 28.6 Å². The highest BCUT2D eigenvalue weighted by Crippen LogP contribution is 2.38. The largest absolute Gasteiger partial charge is 0.495 e. The maximum atomic E-state index is 14.0. The van der Waals surface area contributed by atoms with Crippen molar-refractivity contribution in [2.75, 3.05) is 32.8 Å². The summed E-state index contributed by atoms with van der Waals surface area (Å²) in [6.45, 7) is 7.11. The third kappa shape index (κ3) is 7.29. The topological polar surface area (TPSA) is 106 Å². The fourth-order valence-corrected chi connectivity index (χ4v) is 4.66. The molecule has 208 valence electrons. The summed E-state index contributed by atoms with van der Waals surface area (Å²) in [5, 5.41) is 7.46. The van der Waals surface area contributed by atoms with Crippen LogP contribution < -0.4 is 29.7 Å². The van der Waals surface area contributed by atoms with E-state index in [1.165, 1.54) is 37.6 Å². The molecule has 0 aliphatic heterocycles. The quantitative estimate of drug-likeness (QED) is 0.383. The number of carbonyl (C=O) groups excluding carboxylic acids is 3. The zero-order valence-electron chi connectivity index (χ0n) is 23.3. The third-order valence-electron chi connectivity index (χ3n) is 5.74. The van der Waals surface area contributed by atoms with Gasteiger partial charge in [0, 0.05) is 5.54 Å². The van der Waals surface area contributed by atoms with Crippen LogP contribution in [0, 0.1) is 6.92 Å². The number of rotatable bonds is 10. The van der Waals surface area contributed by atoms with E-state index in [-0.39, 0.29) is 12.5 Å². The Morgan fingerprint density at radius 3 is 2.18 bits per heavy atom. The molecule has 0 bridgehead atoms. The molecular weight excluding hydrogens is 518 g/mol. The van der Waals surface area contributed by atoms with E-state index in [9.17, 15) is 14.4 Å². The molecular formula is C29H35N3O6S. The molecule has 3 rings (SSSR count). The standard InChI is InChI=1S/C29H35N3O6S/c1-18-10-12-21(36-5)20(15-18)32(25(33)17-30-27(34)24-9-8-14-39-24)26(28(35)31-29(2,3)4)19-11-13-22(37-6)23(16-19)38-7/h8-16,26H,17H2,1-7H3,(H,30,34)(H,31,35)/t26-/m1/s1. The van der Waals surface area contributed by atoms with E-state index >= 15 is 0 Å². The minimum Gasteiger partial charge on any atom is -0.495 e. The summed E-state index contributed by atoms with van der Waals surface area (Å²) < 4.78 is 16.5. The first kappa shape index (κ1) is 29.5. The first-order valence-corrected chi connectivity index (χ1v) is 13.2. The van der Waals surface area contributed by atoms with Crippen LogP contribution in [0.25, 0.3) is 0 Å². The van der Waals surface area contributed by atoms with Gasteiger partial charge in [-0.3, -0.25) is 19.3 Å². The van der Waals surface area contributed by atoms with Crippen LogP contribution in [-0.2, 0) is 9.59 Å². The van der Waals surface area contributed by atoms with Crippen LogP contribution in [-0.4, -0.2) is 51.1 Å². The van der Waals surface area contributed by atoms with E-state index in [4.69, 9.17) is 14.2 Å². The lowest BCUT2D eigenvalue weighted by molar-refractivity contribution is -0.127. The second kappa shape index (κ2) is 12.7. The van der Waals surface area contributed by atoms with Gasteiger partial charge in [0.1, 0.15) is 11.8 Å². The minimum atomic E-state index is -1.13. The maximum absolute atomic E-state index is 14.0. The van der Waals surface area contributed by atoms with Gasteiger partial charge in [-0.2, -0.15) is 0 Å². The lowest BCUT2D eigenvalue weighted by Crippen LogP contribution is -2.51. The predicted molar refractivity (Wildman–Crippen MR) is 152 cm³/mol. The molecule has 1 aromatic heterocycles. The summed E-state index contributed by atoms with van der Waals surface area (Å²) >= 11 is 1.27. The summed E-state index contributed by atoms with van der Waals surface area (Å²) in [6, 6.07) is 12.7. The van der Waals surface area contributed by atoms with Gasteiger partial charge in [0.05, 0.1) is 38.4 Å². The lowest BCUT2D eigenvalue weighted by Gasteiger charge is -2.34. The number of benzene rings is 2. The van der Waals surface area contributed by atoms with Gasteiger partial charge in [0.25, 0.3) is 5.91 Å². The van der Waals surface area contributed by atoms with Crippen molar-refractivity contribution in [1.82, 2.24) is 10.6 Å². The Bertz CT molecular complexity index is 1320. The number of nitrogens with zero attached hydrogens (tertiary/aromatic N) is 1. The molecule has 2 N–H and O–H groups in total. The van der Waals surface area contributed by atoms with E-state index in [1.54, 1.807) is 47.8 Å². The monoisotopic (exact) mass is 553 g/mol. The molecule has 39 heavy (non-hydrogen) atoms. The van der Waals surface area contributed by atoms with Crippen molar-refractivity contribution >= 4 is 34.7 Å². The van der Waals surface area contributed by atoms with Gasteiger partial charge in [-0.15, -0.1) is 11.3 Å². The average Bonchev–Trinajstić information content (AvgIpc) is 3.44. The van der Waals surface area contributed by atoms with Gasteiger partial charge in [-0.25, -0.2) is 0 Å². The van der Waals surface area contributed by atoms with Crippen LogP contribution in [0.5, 0.6) is 17.2 Å². The first-order valence-electron chi connectivity index (χ1n) is 12.3. The molecule has 9 nitrogen and oxygen atoms in total. The van der Waals surface area contributed by atoms with Crippen LogP contribution >= 0.6 is 11.3 Å². The number of ether oxygens (including phenoxy) is 3. The fourth-order valence-electron chi connectivity index (χ4n) is 4.02. The van der Waals surface area contributed by atoms with Crippen molar-refractivity contribution in [3.8, 4) is 17.2 Å². The van der Waals surface area contributed by atoms with E-state index < -0.39 is 23.4 Å². The second-order valence-corrected chi connectivity index (χ2v) is 10.8. The molecule has 1 atom stereocenters. The average molecular weight is 554 g/mol. The molecule has 0 unspecified atom stereocenters. The van der Waals surface area contributed by atoms with Crippen LogP contribution in [0.3, 0.4) is 0 Å². The van der Waals surface area contributed by atoms with Gasteiger partial charge >= 0.3 is 0 Å². The van der Waals surface area contributed by atoms with Crippen LogP contribution in [0.15, 0.2) is 53.9 Å². The molecule has 0 spiro atoms. The van der Waals surface area contributed by atoms with Crippen molar-refractivity contribution in [3.63, 3.8) is 0 Å². The predicted octanol–water partition coefficient (Wildman–Crippen LogP) is 4.50. The Balaban J connectivity index is 2.17. The third-order valence-corrected chi connectivity index (χ3v) is 6.60. The summed E-state index contributed by atoms with van der Waals surface area (Å²) in [4.78, 5) is 42.4. The zero-order chi connectivity index (χ0) is 28.7. The van der Waals surface area contributed by atoms with Gasteiger partial charge in [0.2, 0.25) is 11.8 Å². The van der Waals surface area contributed by atoms with Crippen molar-refractivity contribution in [1.29, 1.82) is 0 Å². The van der Waals surface area contributed by atoms with Crippen LogP contribution in [0.1, 0.15) is 47.6 Å². The first-order chi connectivity index (χ1) is 18.5. The highest BCUT2D eigenvalue weighted by molar-refractivity contribution is 7.12. The molecule has 0 saturated heterocycles. The summed E-state index contributed by atoms with van der Waals surface area (Å²) in [5.74, 6) is -0.0311. The van der Waals surface area contributed by atoms with Gasteiger partial charge < -0.3 is 24.8 Å². The lowest BCUT2D eigenvalue weighted by atomic mass is 9.99. The SMILES string of the molecule is COc1ccc([C@H](C(=O)NC(C)(C)C)N(C(=O)CNC(=O)c2cccs2)c2cc(C)ccc2OC)cc1OC. The number of nitrogens with one attached hydrogen (secondary N) is 2. The highest BCUT2D eigenvalue weighted by atomic mass is 32.1. The number of hydrogen-bond acceptors (Lipinski definition) is 7. The number of carbonyl (C=O) groups is 3. The Hall–Kier alpha value is -4.05. The number of anilines is 1. The highest BCUT2D eigenvalue weighted by Gasteiger charge is 2.36. The van der Waals surface area contributed by atoms with Gasteiger partial charge in [-0.1, -0.05) is 18.2 Å². The molecule has 0 aliphatic rings. The molecule has 2 aromatic carbocycles. The normalized spacial score (nSPS) is 11.8. The van der Waals surface area contributed by atoms with Crippen molar-refractivity contribution in [2.45, 2.75) is 39.3 Å². The molecule has 1 heterocycles. The number of aryl methyl sites for hydroxylation is 1. The molecule has 0 radical (unpaired) electrons. The van der Waals surface area contributed by atoms with Gasteiger partial charge in [0.15, 0.2) is 11.5 Å². The number of methoxy groups -OCH3 is 3. The Morgan fingerprint density at radius 2 is 1.59 bits per heavy atom. The maximum Gasteiger partial charge on any atom is 0.261 e. The number of hydrogen-bond donors (Lipinski definition) is 2. The van der Waals surface area contributed by atoms with E-state index in [1.807, 2.05) is 33.8 Å². The van der Waals surface area contributed by atoms with Crippen molar-refractivity contribution in [2.24, 2.45) is 0 Å². The van der Waals surface area contributed by atoms with E-state index in [0.717, 1.165) is 5.56 Å². The number of amides is 3. The molecule has 0 saturated carbocycles. The summed E-state index contributed by atoms with van der Waals surface area (Å²) in [5.41, 5.74) is 1.13. The molecule has 3 aromatic rings. The molecule has 0 fully saturated rings. The zero-order valence-corrected chi connectivity index (χ0v) is 24.1. The fraction of sp³-hybridized carbons (Fsp3) is 0.345. The summed E-state index contributed by atoms with van der Waals surface area (Å²) in [6.07, 6.45) is 0. The van der Waals surface area contributed by atoms with Crippen LogP contribution in [0.4, 0.5) is 5.69 Å². The molecule has 3 amide bonds.